The number of hydrogen-bond acceptors (Lipinski definition) is 9. The lowest BCUT2D eigenvalue weighted by atomic mass is 9.96. The Morgan fingerprint density at radius 1 is 1.16 bits per heavy atom. The summed E-state index contributed by atoms with van der Waals surface area (Å²) in [5.74, 6) is 1.24. The predicted molar refractivity (Wildman–Crippen MR) is 118 cm³/mol. The van der Waals surface area contributed by atoms with Gasteiger partial charge >= 0.3 is 0 Å². The number of piperidine rings is 1. The minimum absolute atomic E-state index is 0.0590. The zero-order chi connectivity index (χ0) is 22.0. The number of fused-ring (bicyclic) bond motifs is 1. The van der Waals surface area contributed by atoms with Crippen molar-refractivity contribution >= 4 is 38.4 Å². The molecule has 1 aliphatic rings. The summed E-state index contributed by atoms with van der Waals surface area (Å²) in [5.41, 5.74) is 0.845. The number of nitrogens with zero attached hydrogens (tertiary/aromatic N) is 3. The highest BCUT2D eigenvalue weighted by Gasteiger charge is 2.27. The van der Waals surface area contributed by atoms with Crippen molar-refractivity contribution in [3.63, 3.8) is 0 Å². The van der Waals surface area contributed by atoms with Gasteiger partial charge in [-0.25, -0.2) is 4.98 Å². The monoisotopic (exact) mass is 445 g/mol. The van der Waals surface area contributed by atoms with Gasteiger partial charge in [-0.3, -0.25) is 9.59 Å². The van der Waals surface area contributed by atoms with E-state index in [1.165, 1.54) is 39.0 Å². The van der Waals surface area contributed by atoms with Crippen molar-refractivity contribution in [2.75, 3.05) is 44.6 Å². The number of thiazole rings is 1. The fourth-order valence-electron chi connectivity index (χ4n) is 3.62. The second-order valence-electron chi connectivity index (χ2n) is 7.05. The third-order valence-corrected chi connectivity index (χ3v) is 6.36. The Hall–Kier alpha value is -3.34. The molecule has 1 aromatic carbocycles. The minimum Gasteiger partial charge on any atom is -0.493 e. The van der Waals surface area contributed by atoms with E-state index in [-0.39, 0.29) is 17.4 Å². The van der Waals surface area contributed by atoms with Gasteiger partial charge < -0.3 is 29.4 Å². The molecule has 0 spiro atoms. The van der Waals surface area contributed by atoms with Crippen LogP contribution in [0, 0.1) is 5.92 Å². The van der Waals surface area contributed by atoms with Crippen molar-refractivity contribution in [2.24, 2.45) is 5.92 Å². The van der Waals surface area contributed by atoms with Crippen molar-refractivity contribution in [2.45, 2.75) is 12.8 Å². The minimum atomic E-state index is -0.187. The molecule has 0 bridgehead atoms. The highest BCUT2D eigenvalue weighted by Crippen LogP contribution is 2.40. The van der Waals surface area contributed by atoms with Crippen LogP contribution in [0.4, 0.5) is 10.8 Å². The third-order valence-electron chi connectivity index (χ3n) is 5.26. The van der Waals surface area contributed by atoms with Crippen molar-refractivity contribution in [1.29, 1.82) is 0 Å². The Morgan fingerprint density at radius 2 is 1.84 bits per heavy atom. The Morgan fingerprint density at radius 3 is 2.42 bits per heavy atom. The standard InChI is InChI=1S/C20H23N5O5S/c1-28-13-8-12(9-14(29-2)15(13)30-3)23-18(26)11-4-6-25(7-5-11)20-24-17-16(31-20)19(27)22-10-21-17/h8-11H,4-7H2,1-3H3,(H,23,26)(H,21,22,27). The van der Waals surface area contributed by atoms with E-state index in [1.54, 1.807) is 12.1 Å². The molecule has 164 valence electrons. The van der Waals surface area contributed by atoms with Crippen LogP contribution in [0.25, 0.3) is 10.3 Å². The van der Waals surface area contributed by atoms with E-state index in [2.05, 4.69) is 25.2 Å². The molecule has 0 saturated carbocycles. The first-order valence-corrected chi connectivity index (χ1v) is 10.6. The molecule has 2 N–H and O–H groups in total. The van der Waals surface area contributed by atoms with Crippen LogP contribution in [-0.4, -0.2) is 55.3 Å². The number of anilines is 2. The molecular formula is C20H23N5O5S. The lowest BCUT2D eigenvalue weighted by Gasteiger charge is -2.31. The average molecular weight is 446 g/mol. The molecule has 0 unspecified atom stereocenters. The molecule has 1 fully saturated rings. The first-order chi connectivity index (χ1) is 15.0. The first-order valence-electron chi connectivity index (χ1n) is 9.74. The van der Waals surface area contributed by atoms with Gasteiger partial charge in [-0.15, -0.1) is 0 Å². The van der Waals surface area contributed by atoms with E-state index >= 15 is 0 Å². The summed E-state index contributed by atoms with van der Waals surface area (Å²) in [7, 11) is 4.60. The van der Waals surface area contributed by atoms with Crippen LogP contribution in [0.2, 0.25) is 0 Å². The molecule has 3 heterocycles. The number of aromatic nitrogens is 3. The number of rotatable bonds is 6. The number of hydrogen-bond donors (Lipinski definition) is 2. The van der Waals surface area contributed by atoms with Crippen LogP contribution >= 0.6 is 11.3 Å². The topological polar surface area (TPSA) is 119 Å². The number of amides is 1. The molecule has 11 heteroatoms. The van der Waals surface area contributed by atoms with Gasteiger partial charge in [-0.1, -0.05) is 11.3 Å². The number of carbonyl (C=O) groups is 1. The van der Waals surface area contributed by atoms with Gasteiger partial charge in [0.15, 0.2) is 22.3 Å². The summed E-state index contributed by atoms with van der Waals surface area (Å²) in [6.07, 6.45) is 2.71. The maximum Gasteiger partial charge on any atom is 0.270 e. The van der Waals surface area contributed by atoms with Crippen LogP contribution in [0.5, 0.6) is 17.2 Å². The van der Waals surface area contributed by atoms with Crippen molar-refractivity contribution in [3.8, 4) is 17.2 Å². The average Bonchev–Trinajstić information content (AvgIpc) is 3.24. The molecule has 10 nitrogen and oxygen atoms in total. The molecule has 1 amide bonds. The van der Waals surface area contributed by atoms with E-state index in [1.807, 2.05) is 0 Å². The van der Waals surface area contributed by atoms with Gasteiger partial charge in [0.1, 0.15) is 4.70 Å². The number of H-pyrrole nitrogens is 1. The second kappa shape index (κ2) is 8.80. The van der Waals surface area contributed by atoms with Gasteiger partial charge in [-0.2, -0.15) is 4.98 Å². The van der Waals surface area contributed by atoms with Gasteiger partial charge in [0, 0.05) is 36.8 Å². The number of aromatic amines is 1. The number of carbonyl (C=O) groups excluding carboxylic acids is 1. The van der Waals surface area contributed by atoms with E-state index in [0.29, 0.717) is 59.2 Å². The Kier molecular flexibility index (Phi) is 5.94. The van der Waals surface area contributed by atoms with Crippen molar-refractivity contribution in [1.82, 2.24) is 15.0 Å². The molecule has 3 aromatic rings. The van der Waals surface area contributed by atoms with Crippen LogP contribution in [0.15, 0.2) is 23.3 Å². The predicted octanol–water partition coefficient (Wildman–Crippen LogP) is 2.26. The molecule has 4 rings (SSSR count). The number of methoxy groups -OCH3 is 3. The maximum atomic E-state index is 12.8. The maximum absolute atomic E-state index is 12.8. The first kappa shape index (κ1) is 20.9. The molecule has 1 saturated heterocycles. The zero-order valence-electron chi connectivity index (χ0n) is 17.4. The zero-order valence-corrected chi connectivity index (χ0v) is 18.2. The number of ether oxygens (including phenoxy) is 3. The van der Waals surface area contributed by atoms with Crippen LogP contribution in [-0.2, 0) is 4.79 Å². The van der Waals surface area contributed by atoms with Gasteiger partial charge in [0.05, 0.1) is 27.7 Å². The molecule has 0 radical (unpaired) electrons. The van der Waals surface area contributed by atoms with E-state index in [9.17, 15) is 9.59 Å². The molecule has 31 heavy (non-hydrogen) atoms. The summed E-state index contributed by atoms with van der Waals surface area (Å²) in [6, 6.07) is 3.42. The highest BCUT2D eigenvalue weighted by molar-refractivity contribution is 7.22. The normalized spacial score (nSPS) is 14.5. The Labute approximate surface area is 182 Å². The van der Waals surface area contributed by atoms with Crippen LogP contribution in [0.3, 0.4) is 0 Å². The number of benzene rings is 1. The quantitative estimate of drug-likeness (QED) is 0.593. The fraction of sp³-hybridized carbons (Fsp3) is 0.400. The summed E-state index contributed by atoms with van der Waals surface area (Å²) < 4.78 is 16.5. The van der Waals surface area contributed by atoms with E-state index in [0.717, 1.165) is 5.13 Å². The largest absolute Gasteiger partial charge is 0.493 e. The van der Waals surface area contributed by atoms with E-state index in [4.69, 9.17) is 14.2 Å². The highest BCUT2D eigenvalue weighted by atomic mass is 32.1. The summed E-state index contributed by atoms with van der Waals surface area (Å²) in [4.78, 5) is 38.0. The Bertz CT molecular complexity index is 1130. The molecule has 0 atom stereocenters. The number of nitrogens with one attached hydrogen (secondary N) is 2. The summed E-state index contributed by atoms with van der Waals surface area (Å²) in [5, 5.41) is 3.71. The molecule has 2 aromatic heterocycles. The molecular weight excluding hydrogens is 422 g/mol. The fourth-order valence-corrected chi connectivity index (χ4v) is 4.59. The summed E-state index contributed by atoms with van der Waals surface area (Å²) in [6.45, 7) is 1.34. The molecule has 0 aliphatic carbocycles. The van der Waals surface area contributed by atoms with Gasteiger partial charge in [-0.05, 0) is 12.8 Å². The Balaban J connectivity index is 1.42. The van der Waals surface area contributed by atoms with Crippen LogP contribution < -0.4 is 30.0 Å². The third kappa shape index (κ3) is 4.13. The SMILES string of the molecule is COc1cc(NC(=O)C2CCN(c3nc4nc[nH]c(=O)c4s3)CC2)cc(OC)c1OC. The van der Waals surface area contributed by atoms with Crippen molar-refractivity contribution < 1.29 is 19.0 Å². The lowest BCUT2D eigenvalue weighted by Crippen LogP contribution is -2.38. The van der Waals surface area contributed by atoms with Gasteiger partial charge in [0.25, 0.3) is 5.56 Å². The lowest BCUT2D eigenvalue weighted by molar-refractivity contribution is -0.120. The smallest absolute Gasteiger partial charge is 0.270 e. The van der Waals surface area contributed by atoms with E-state index < -0.39 is 0 Å². The molecule has 1 aliphatic heterocycles. The second-order valence-corrected chi connectivity index (χ2v) is 8.02. The van der Waals surface area contributed by atoms with Gasteiger partial charge in [0.2, 0.25) is 11.7 Å². The van der Waals surface area contributed by atoms with Crippen molar-refractivity contribution in [3.05, 3.63) is 28.8 Å². The summed E-state index contributed by atoms with van der Waals surface area (Å²) >= 11 is 1.32. The van der Waals surface area contributed by atoms with Crippen LogP contribution in [0.1, 0.15) is 12.8 Å².